The van der Waals surface area contributed by atoms with E-state index in [1.807, 2.05) is 6.08 Å². The third-order valence-electron chi connectivity index (χ3n) is 2.86. The van der Waals surface area contributed by atoms with E-state index < -0.39 is 0 Å². The van der Waals surface area contributed by atoms with Crippen LogP contribution in [0.2, 0.25) is 0 Å². The van der Waals surface area contributed by atoms with Gasteiger partial charge in [-0.15, -0.1) is 6.58 Å². The lowest BCUT2D eigenvalue weighted by Gasteiger charge is -2.07. The van der Waals surface area contributed by atoms with Gasteiger partial charge in [-0.1, -0.05) is 70.8 Å². The van der Waals surface area contributed by atoms with Crippen LogP contribution >= 0.6 is 0 Å². The molecule has 0 saturated carbocycles. The highest BCUT2D eigenvalue weighted by atomic mass is 14.0. The van der Waals surface area contributed by atoms with Gasteiger partial charge in [-0.2, -0.15) is 0 Å². The molecule has 0 saturated heterocycles. The molecule has 0 heteroatoms. The van der Waals surface area contributed by atoms with Crippen LogP contribution in [0.4, 0.5) is 0 Å². The molecule has 0 aliphatic carbocycles. The lowest BCUT2D eigenvalue weighted by Crippen LogP contribution is -1.92. The van der Waals surface area contributed by atoms with Crippen molar-refractivity contribution in [2.24, 2.45) is 5.92 Å². The predicted molar refractivity (Wildman–Crippen MR) is 70.6 cm³/mol. The van der Waals surface area contributed by atoms with Gasteiger partial charge >= 0.3 is 0 Å². The van der Waals surface area contributed by atoms with Crippen molar-refractivity contribution in [3.63, 3.8) is 0 Å². The first-order valence-electron chi connectivity index (χ1n) is 6.54. The van der Waals surface area contributed by atoms with Gasteiger partial charge in [0.25, 0.3) is 0 Å². The standard InChI is InChI=1S/C15H28/c1-4-6-7-8-9-10-11-12-14-15(3)13-5-2/h5,15H,1-4,6-14H2. The van der Waals surface area contributed by atoms with E-state index in [-0.39, 0.29) is 0 Å². The van der Waals surface area contributed by atoms with Crippen LogP contribution in [0, 0.1) is 19.8 Å². The Labute approximate surface area is 97.2 Å². The lowest BCUT2D eigenvalue weighted by atomic mass is 9.99. The fourth-order valence-corrected chi connectivity index (χ4v) is 1.85. The zero-order chi connectivity index (χ0) is 11.4. The SMILES string of the molecule is [CH2]CCCCCCCCCC([CH2])CC=C. The maximum Gasteiger partial charge on any atom is -0.0325 e. The second-order valence-electron chi connectivity index (χ2n) is 4.51. The summed E-state index contributed by atoms with van der Waals surface area (Å²) < 4.78 is 0. The minimum absolute atomic E-state index is 0.591. The highest BCUT2D eigenvalue weighted by Crippen LogP contribution is 2.14. The van der Waals surface area contributed by atoms with E-state index in [0.717, 1.165) is 12.8 Å². The van der Waals surface area contributed by atoms with Crippen LogP contribution in [-0.4, -0.2) is 0 Å². The number of hydrogen-bond acceptors (Lipinski definition) is 0. The Morgan fingerprint density at radius 1 is 0.867 bits per heavy atom. The normalized spacial score (nSPS) is 12.7. The third-order valence-corrected chi connectivity index (χ3v) is 2.86. The van der Waals surface area contributed by atoms with Gasteiger partial charge in [-0.25, -0.2) is 0 Å². The Balaban J connectivity index is 3.01. The van der Waals surface area contributed by atoms with Crippen LogP contribution in [0.5, 0.6) is 0 Å². The van der Waals surface area contributed by atoms with Crippen molar-refractivity contribution in [3.8, 4) is 0 Å². The molecule has 0 nitrogen and oxygen atoms in total. The van der Waals surface area contributed by atoms with E-state index in [2.05, 4.69) is 20.4 Å². The molecular formula is C15H28. The van der Waals surface area contributed by atoms with Crippen molar-refractivity contribution < 1.29 is 0 Å². The summed E-state index contributed by atoms with van der Waals surface area (Å²) in [5, 5.41) is 0. The van der Waals surface area contributed by atoms with Crippen molar-refractivity contribution in [2.75, 3.05) is 0 Å². The van der Waals surface area contributed by atoms with E-state index >= 15 is 0 Å². The summed E-state index contributed by atoms with van der Waals surface area (Å²) in [7, 11) is 0. The monoisotopic (exact) mass is 208 g/mol. The molecular weight excluding hydrogens is 180 g/mol. The van der Waals surface area contributed by atoms with Crippen molar-refractivity contribution in [3.05, 3.63) is 26.5 Å². The van der Waals surface area contributed by atoms with Gasteiger partial charge in [0.1, 0.15) is 0 Å². The molecule has 0 aliphatic rings. The molecule has 1 atom stereocenters. The summed E-state index contributed by atoms with van der Waals surface area (Å²) in [5.41, 5.74) is 0. The predicted octanol–water partition coefficient (Wildman–Crippen LogP) is 5.36. The Morgan fingerprint density at radius 3 is 1.93 bits per heavy atom. The Bertz CT molecular complexity index is 126. The smallest absolute Gasteiger partial charge is 0.0325 e. The fraction of sp³-hybridized carbons (Fsp3) is 0.733. The number of rotatable bonds is 11. The topological polar surface area (TPSA) is 0 Å². The van der Waals surface area contributed by atoms with E-state index in [1.165, 1.54) is 51.4 Å². The van der Waals surface area contributed by atoms with Gasteiger partial charge in [0, 0.05) is 0 Å². The molecule has 0 rings (SSSR count). The maximum atomic E-state index is 4.11. The van der Waals surface area contributed by atoms with E-state index in [4.69, 9.17) is 0 Å². The molecule has 2 radical (unpaired) electrons. The van der Waals surface area contributed by atoms with E-state index in [0.29, 0.717) is 5.92 Å². The first kappa shape index (κ1) is 14.7. The molecule has 0 aromatic heterocycles. The number of allylic oxidation sites excluding steroid dienone is 1. The molecule has 0 spiro atoms. The average molecular weight is 208 g/mol. The molecule has 0 fully saturated rings. The molecule has 0 bridgehead atoms. The van der Waals surface area contributed by atoms with Crippen LogP contribution in [0.25, 0.3) is 0 Å². The zero-order valence-corrected chi connectivity index (χ0v) is 10.3. The molecule has 88 valence electrons. The quantitative estimate of drug-likeness (QED) is 0.317. The molecule has 1 unspecified atom stereocenters. The zero-order valence-electron chi connectivity index (χ0n) is 10.3. The molecule has 0 N–H and O–H groups in total. The Hall–Kier alpha value is -0.260. The lowest BCUT2D eigenvalue weighted by molar-refractivity contribution is 0.515. The second kappa shape index (κ2) is 11.8. The summed E-state index contributed by atoms with van der Waals surface area (Å²) in [5.74, 6) is 0.591. The van der Waals surface area contributed by atoms with Gasteiger partial charge in [-0.3, -0.25) is 0 Å². The Kier molecular flexibility index (Phi) is 11.6. The van der Waals surface area contributed by atoms with Gasteiger partial charge < -0.3 is 0 Å². The van der Waals surface area contributed by atoms with Gasteiger partial charge in [0.15, 0.2) is 0 Å². The summed E-state index contributed by atoms with van der Waals surface area (Å²) in [4.78, 5) is 0. The average Bonchev–Trinajstić information content (AvgIpc) is 2.22. The summed E-state index contributed by atoms with van der Waals surface area (Å²) in [6.45, 7) is 11.7. The molecule has 15 heavy (non-hydrogen) atoms. The Morgan fingerprint density at radius 2 is 1.40 bits per heavy atom. The van der Waals surface area contributed by atoms with Gasteiger partial charge in [-0.05, 0) is 19.3 Å². The van der Waals surface area contributed by atoms with Crippen LogP contribution in [0.15, 0.2) is 12.7 Å². The highest BCUT2D eigenvalue weighted by Gasteiger charge is 1.98. The molecule has 0 aromatic rings. The summed E-state index contributed by atoms with van der Waals surface area (Å²) in [6, 6.07) is 0. The van der Waals surface area contributed by atoms with Crippen LogP contribution in [-0.2, 0) is 0 Å². The third kappa shape index (κ3) is 11.7. The minimum atomic E-state index is 0.591. The van der Waals surface area contributed by atoms with Crippen LogP contribution < -0.4 is 0 Å². The molecule has 0 aliphatic heterocycles. The maximum absolute atomic E-state index is 4.11. The van der Waals surface area contributed by atoms with Crippen LogP contribution in [0.3, 0.4) is 0 Å². The summed E-state index contributed by atoms with van der Waals surface area (Å²) in [6.07, 6.45) is 15.0. The molecule has 0 aromatic carbocycles. The van der Waals surface area contributed by atoms with Gasteiger partial charge in [0.2, 0.25) is 0 Å². The fourth-order valence-electron chi connectivity index (χ4n) is 1.85. The minimum Gasteiger partial charge on any atom is -0.103 e. The highest BCUT2D eigenvalue weighted by molar-refractivity contribution is 4.74. The van der Waals surface area contributed by atoms with Gasteiger partial charge in [0.05, 0.1) is 0 Å². The molecule has 0 heterocycles. The summed E-state index contributed by atoms with van der Waals surface area (Å²) >= 11 is 0. The van der Waals surface area contributed by atoms with Crippen molar-refractivity contribution >= 4 is 0 Å². The van der Waals surface area contributed by atoms with Crippen molar-refractivity contribution in [2.45, 2.75) is 64.2 Å². The number of hydrogen-bond donors (Lipinski definition) is 0. The first-order chi connectivity index (χ1) is 7.31. The first-order valence-corrected chi connectivity index (χ1v) is 6.54. The van der Waals surface area contributed by atoms with E-state index in [1.54, 1.807) is 0 Å². The van der Waals surface area contributed by atoms with Crippen molar-refractivity contribution in [1.82, 2.24) is 0 Å². The van der Waals surface area contributed by atoms with Crippen LogP contribution in [0.1, 0.15) is 64.2 Å². The van der Waals surface area contributed by atoms with E-state index in [9.17, 15) is 0 Å². The molecule has 0 amide bonds. The number of unbranched alkanes of at least 4 members (excludes halogenated alkanes) is 7. The second-order valence-corrected chi connectivity index (χ2v) is 4.51. The largest absolute Gasteiger partial charge is 0.103 e. The van der Waals surface area contributed by atoms with Crippen molar-refractivity contribution in [1.29, 1.82) is 0 Å².